The van der Waals surface area contributed by atoms with Crippen molar-refractivity contribution < 1.29 is 14.3 Å². The van der Waals surface area contributed by atoms with Gasteiger partial charge in [-0.2, -0.15) is 0 Å². The lowest BCUT2D eigenvalue weighted by molar-refractivity contribution is -0.128. The van der Waals surface area contributed by atoms with Crippen molar-refractivity contribution in [3.8, 4) is 5.75 Å². The molecule has 23 heavy (non-hydrogen) atoms. The number of ether oxygens (including phenoxy) is 1. The summed E-state index contributed by atoms with van der Waals surface area (Å²) in [7, 11) is 0. The van der Waals surface area contributed by atoms with Gasteiger partial charge < -0.3 is 4.74 Å². The summed E-state index contributed by atoms with van der Waals surface area (Å²) in [6, 6.07) is 14.5. The Morgan fingerprint density at radius 2 is 1.61 bits per heavy atom. The summed E-state index contributed by atoms with van der Waals surface area (Å²) in [6.07, 6.45) is -0.727. The van der Waals surface area contributed by atoms with Gasteiger partial charge in [-0.3, -0.25) is 20.4 Å². The van der Waals surface area contributed by atoms with Gasteiger partial charge in [0.1, 0.15) is 5.75 Å². The number of amides is 2. The first-order valence-electron chi connectivity index (χ1n) is 7.36. The Balaban J connectivity index is 1.87. The number of benzene rings is 2. The highest BCUT2D eigenvalue weighted by atomic mass is 16.5. The van der Waals surface area contributed by atoms with Crippen molar-refractivity contribution in [3.05, 3.63) is 65.2 Å². The van der Waals surface area contributed by atoms with E-state index in [-0.39, 0.29) is 5.91 Å². The Morgan fingerprint density at radius 1 is 0.957 bits per heavy atom. The minimum Gasteiger partial charge on any atom is -0.481 e. The molecule has 0 saturated heterocycles. The lowest BCUT2D eigenvalue weighted by atomic mass is 10.1. The van der Waals surface area contributed by atoms with Crippen LogP contribution in [0, 0.1) is 13.8 Å². The molecule has 0 saturated carbocycles. The largest absolute Gasteiger partial charge is 0.481 e. The fourth-order valence-electron chi connectivity index (χ4n) is 2.02. The molecule has 1 unspecified atom stereocenters. The third-order valence-corrected chi connectivity index (χ3v) is 3.25. The third-order valence-electron chi connectivity index (χ3n) is 3.25. The Morgan fingerprint density at radius 3 is 2.26 bits per heavy atom. The van der Waals surface area contributed by atoms with Crippen LogP contribution < -0.4 is 15.6 Å². The summed E-state index contributed by atoms with van der Waals surface area (Å²) in [4.78, 5) is 23.9. The molecule has 0 radical (unpaired) electrons. The van der Waals surface area contributed by atoms with E-state index in [2.05, 4.69) is 10.9 Å². The first-order chi connectivity index (χ1) is 11.0. The lowest BCUT2D eigenvalue weighted by Gasteiger charge is -2.15. The van der Waals surface area contributed by atoms with Gasteiger partial charge in [-0.15, -0.1) is 0 Å². The molecule has 0 spiro atoms. The molecule has 120 valence electrons. The zero-order valence-electron chi connectivity index (χ0n) is 13.4. The van der Waals surface area contributed by atoms with Crippen molar-refractivity contribution in [1.82, 2.24) is 10.9 Å². The molecule has 0 aliphatic rings. The van der Waals surface area contributed by atoms with Crippen molar-refractivity contribution in [2.45, 2.75) is 26.9 Å². The smallest absolute Gasteiger partial charge is 0.279 e. The van der Waals surface area contributed by atoms with E-state index in [1.165, 1.54) is 0 Å². The zero-order chi connectivity index (χ0) is 16.8. The van der Waals surface area contributed by atoms with Crippen LogP contribution in [0.1, 0.15) is 28.4 Å². The summed E-state index contributed by atoms with van der Waals surface area (Å²) >= 11 is 0. The van der Waals surface area contributed by atoms with Crippen molar-refractivity contribution >= 4 is 11.8 Å². The van der Waals surface area contributed by atoms with Crippen LogP contribution in [0.5, 0.6) is 5.75 Å². The molecule has 0 aromatic heterocycles. The van der Waals surface area contributed by atoms with Gasteiger partial charge in [-0.05, 0) is 50.6 Å². The van der Waals surface area contributed by atoms with Gasteiger partial charge in [0.15, 0.2) is 6.10 Å². The van der Waals surface area contributed by atoms with Crippen LogP contribution in [-0.4, -0.2) is 17.9 Å². The van der Waals surface area contributed by atoms with Crippen molar-refractivity contribution in [2.24, 2.45) is 0 Å². The van der Waals surface area contributed by atoms with Gasteiger partial charge >= 0.3 is 0 Å². The minimum absolute atomic E-state index is 0.371. The number of hydrogen-bond donors (Lipinski definition) is 2. The maximum Gasteiger partial charge on any atom is 0.279 e. The Kier molecular flexibility index (Phi) is 5.36. The number of nitrogens with one attached hydrogen (secondary N) is 2. The molecule has 0 heterocycles. The normalized spacial score (nSPS) is 11.4. The van der Waals surface area contributed by atoms with E-state index in [4.69, 9.17) is 4.74 Å². The predicted octanol–water partition coefficient (Wildman–Crippen LogP) is 2.53. The van der Waals surface area contributed by atoms with E-state index in [1.54, 1.807) is 31.2 Å². The fourth-order valence-corrected chi connectivity index (χ4v) is 2.02. The zero-order valence-corrected chi connectivity index (χ0v) is 13.4. The quantitative estimate of drug-likeness (QED) is 0.853. The predicted molar refractivity (Wildman–Crippen MR) is 88.1 cm³/mol. The van der Waals surface area contributed by atoms with E-state index in [0.29, 0.717) is 11.3 Å². The molecule has 0 aliphatic heterocycles. The number of hydrazine groups is 1. The number of aryl methyl sites for hydroxylation is 2. The highest BCUT2D eigenvalue weighted by molar-refractivity contribution is 5.95. The van der Waals surface area contributed by atoms with Gasteiger partial charge in [0.05, 0.1) is 0 Å². The van der Waals surface area contributed by atoms with Gasteiger partial charge in [0, 0.05) is 5.56 Å². The molecule has 2 aromatic rings. The standard InChI is InChI=1S/C18H20N2O3/c1-12-6-4-8-15(10-12)18(22)20-19-17(21)14(3)23-16-9-5-7-13(2)11-16/h4-11,14H,1-3H3,(H,19,21)(H,20,22). The molecule has 5 nitrogen and oxygen atoms in total. The Labute approximate surface area is 135 Å². The van der Waals surface area contributed by atoms with Gasteiger partial charge in [-0.1, -0.05) is 29.8 Å². The number of rotatable bonds is 4. The van der Waals surface area contributed by atoms with Crippen molar-refractivity contribution in [3.63, 3.8) is 0 Å². The molecule has 0 fully saturated rings. The van der Waals surface area contributed by atoms with Gasteiger partial charge in [0.25, 0.3) is 11.8 Å². The molecule has 0 aliphatic carbocycles. The maximum atomic E-state index is 12.0. The summed E-state index contributed by atoms with van der Waals surface area (Å²) in [5.74, 6) is -0.185. The molecular weight excluding hydrogens is 292 g/mol. The van der Waals surface area contributed by atoms with Crippen LogP contribution in [-0.2, 0) is 4.79 Å². The molecule has 1 atom stereocenters. The maximum absolute atomic E-state index is 12.0. The number of carbonyl (C=O) groups is 2. The second-order valence-corrected chi connectivity index (χ2v) is 5.39. The molecule has 2 N–H and O–H groups in total. The van der Waals surface area contributed by atoms with Crippen molar-refractivity contribution in [2.75, 3.05) is 0 Å². The molecule has 2 aromatic carbocycles. The van der Waals surface area contributed by atoms with E-state index < -0.39 is 12.0 Å². The highest BCUT2D eigenvalue weighted by Crippen LogP contribution is 2.14. The van der Waals surface area contributed by atoms with Crippen LogP contribution >= 0.6 is 0 Å². The summed E-state index contributed by atoms with van der Waals surface area (Å²) in [6.45, 7) is 5.46. The average Bonchev–Trinajstić information content (AvgIpc) is 2.52. The Bertz CT molecular complexity index is 713. The van der Waals surface area contributed by atoms with E-state index in [9.17, 15) is 9.59 Å². The Hall–Kier alpha value is -2.82. The first-order valence-corrected chi connectivity index (χ1v) is 7.36. The van der Waals surface area contributed by atoms with E-state index in [1.807, 2.05) is 38.1 Å². The second kappa shape index (κ2) is 7.45. The number of hydrogen-bond acceptors (Lipinski definition) is 3. The SMILES string of the molecule is Cc1cccc(OC(C)C(=O)NNC(=O)c2cccc(C)c2)c1. The minimum atomic E-state index is -0.727. The van der Waals surface area contributed by atoms with Crippen LogP contribution in [0.15, 0.2) is 48.5 Å². The fraction of sp³-hybridized carbons (Fsp3) is 0.222. The molecule has 2 amide bonds. The average molecular weight is 312 g/mol. The van der Waals surface area contributed by atoms with Crippen LogP contribution in [0.2, 0.25) is 0 Å². The summed E-state index contributed by atoms with van der Waals surface area (Å²) < 4.78 is 5.55. The van der Waals surface area contributed by atoms with Gasteiger partial charge in [0.2, 0.25) is 0 Å². The molecule has 0 bridgehead atoms. The monoisotopic (exact) mass is 312 g/mol. The summed E-state index contributed by atoms with van der Waals surface area (Å²) in [5.41, 5.74) is 7.26. The topological polar surface area (TPSA) is 67.4 Å². The molecule has 2 rings (SSSR count). The van der Waals surface area contributed by atoms with E-state index in [0.717, 1.165) is 11.1 Å². The molecule has 5 heteroatoms. The highest BCUT2D eigenvalue weighted by Gasteiger charge is 2.16. The van der Waals surface area contributed by atoms with E-state index >= 15 is 0 Å². The number of carbonyl (C=O) groups excluding carboxylic acids is 2. The van der Waals surface area contributed by atoms with Crippen LogP contribution in [0.3, 0.4) is 0 Å². The first kappa shape index (κ1) is 16.5. The summed E-state index contributed by atoms with van der Waals surface area (Å²) in [5, 5.41) is 0. The third kappa shape index (κ3) is 4.85. The second-order valence-electron chi connectivity index (χ2n) is 5.39. The van der Waals surface area contributed by atoms with Crippen LogP contribution in [0.25, 0.3) is 0 Å². The molecular formula is C18H20N2O3. The lowest BCUT2D eigenvalue weighted by Crippen LogP contribution is -2.47. The van der Waals surface area contributed by atoms with Crippen molar-refractivity contribution in [1.29, 1.82) is 0 Å². The van der Waals surface area contributed by atoms with Gasteiger partial charge in [-0.25, -0.2) is 0 Å². The van der Waals surface area contributed by atoms with Crippen LogP contribution in [0.4, 0.5) is 0 Å².